The Morgan fingerprint density at radius 1 is 1.14 bits per heavy atom. The van der Waals surface area contributed by atoms with Crippen molar-refractivity contribution in [2.24, 2.45) is 0 Å². The molecule has 0 unspecified atom stereocenters. The number of rotatable bonds is 4. The van der Waals surface area contributed by atoms with Gasteiger partial charge in [0.1, 0.15) is 5.60 Å². The van der Waals surface area contributed by atoms with Crippen LogP contribution in [0.15, 0.2) is 18.2 Å². The summed E-state index contributed by atoms with van der Waals surface area (Å²) in [5.74, 6) is 1.33. The molecule has 116 valence electrons. The Bertz CT molecular complexity index is 530. The van der Waals surface area contributed by atoms with E-state index >= 15 is 0 Å². The lowest BCUT2D eigenvalue weighted by Gasteiger charge is -2.24. The highest BCUT2D eigenvalue weighted by molar-refractivity contribution is 5.70. The van der Waals surface area contributed by atoms with Crippen molar-refractivity contribution in [3.63, 3.8) is 0 Å². The van der Waals surface area contributed by atoms with Crippen molar-refractivity contribution in [3.8, 4) is 11.5 Å². The second-order valence-electron chi connectivity index (χ2n) is 6.28. The summed E-state index contributed by atoms with van der Waals surface area (Å²) in [7, 11) is 3.20. The van der Waals surface area contributed by atoms with Gasteiger partial charge in [0, 0.05) is 0 Å². The number of ether oxygens (including phenoxy) is 3. The molecular weight excluding hydrogens is 270 g/mol. The van der Waals surface area contributed by atoms with Crippen LogP contribution >= 0.6 is 0 Å². The van der Waals surface area contributed by atoms with E-state index in [2.05, 4.69) is 5.32 Å². The molecule has 0 heterocycles. The SMILES string of the molecule is COc1ccc(C2(NC(=O)OC(C)(C)C)CC2)cc1OC. The summed E-state index contributed by atoms with van der Waals surface area (Å²) in [6.07, 6.45) is 1.39. The summed E-state index contributed by atoms with van der Waals surface area (Å²) in [5, 5.41) is 2.97. The number of benzene rings is 1. The third kappa shape index (κ3) is 3.60. The Hall–Kier alpha value is -1.91. The largest absolute Gasteiger partial charge is 0.493 e. The highest BCUT2D eigenvalue weighted by Crippen LogP contribution is 2.47. The first-order chi connectivity index (χ1) is 9.79. The molecule has 5 nitrogen and oxygen atoms in total. The molecule has 1 amide bonds. The third-order valence-corrected chi connectivity index (χ3v) is 3.43. The molecule has 1 N–H and O–H groups in total. The molecule has 0 bridgehead atoms. The Labute approximate surface area is 125 Å². The number of hydrogen-bond donors (Lipinski definition) is 1. The van der Waals surface area contributed by atoms with Gasteiger partial charge in [0.25, 0.3) is 0 Å². The van der Waals surface area contributed by atoms with Crippen molar-refractivity contribution in [1.29, 1.82) is 0 Å². The van der Waals surface area contributed by atoms with Gasteiger partial charge in [-0.3, -0.25) is 0 Å². The summed E-state index contributed by atoms with van der Waals surface area (Å²) >= 11 is 0. The van der Waals surface area contributed by atoms with Crippen molar-refractivity contribution >= 4 is 6.09 Å². The van der Waals surface area contributed by atoms with Gasteiger partial charge in [-0.05, 0) is 51.3 Å². The van der Waals surface area contributed by atoms with E-state index in [0.29, 0.717) is 11.5 Å². The zero-order chi connectivity index (χ0) is 15.7. The lowest BCUT2D eigenvalue weighted by Crippen LogP contribution is -2.39. The summed E-state index contributed by atoms with van der Waals surface area (Å²) in [6, 6.07) is 5.71. The van der Waals surface area contributed by atoms with Crippen LogP contribution in [-0.2, 0) is 10.3 Å². The highest BCUT2D eigenvalue weighted by atomic mass is 16.6. The van der Waals surface area contributed by atoms with Crippen LogP contribution in [0.1, 0.15) is 39.2 Å². The highest BCUT2D eigenvalue weighted by Gasteiger charge is 2.47. The molecule has 21 heavy (non-hydrogen) atoms. The van der Waals surface area contributed by atoms with Crippen LogP contribution in [0.3, 0.4) is 0 Å². The van der Waals surface area contributed by atoms with Crippen LogP contribution in [0, 0.1) is 0 Å². The minimum atomic E-state index is -0.502. The molecule has 0 spiro atoms. The Morgan fingerprint density at radius 3 is 2.24 bits per heavy atom. The van der Waals surface area contributed by atoms with E-state index in [4.69, 9.17) is 14.2 Å². The van der Waals surface area contributed by atoms with Gasteiger partial charge in [0.2, 0.25) is 0 Å². The summed E-state index contributed by atoms with van der Waals surface area (Å²) < 4.78 is 15.9. The first kappa shape index (κ1) is 15.5. The van der Waals surface area contributed by atoms with Crippen LogP contribution in [0.25, 0.3) is 0 Å². The first-order valence-electron chi connectivity index (χ1n) is 7.03. The molecule has 0 radical (unpaired) electrons. The molecule has 1 saturated carbocycles. The minimum Gasteiger partial charge on any atom is -0.493 e. The zero-order valence-corrected chi connectivity index (χ0v) is 13.3. The molecule has 0 aliphatic heterocycles. The number of amides is 1. The van der Waals surface area contributed by atoms with Gasteiger partial charge in [-0.1, -0.05) is 6.07 Å². The number of hydrogen-bond acceptors (Lipinski definition) is 4. The van der Waals surface area contributed by atoms with Crippen LogP contribution < -0.4 is 14.8 Å². The predicted molar refractivity (Wildman–Crippen MR) is 79.8 cm³/mol. The van der Waals surface area contributed by atoms with E-state index in [-0.39, 0.29) is 5.54 Å². The number of methoxy groups -OCH3 is 2. The fourth-order valence-corrected chi connectivity index (χ4v) is 2.24. The summed E-state index contributed by atoms with van der Waals surface area (Å²) in [4.78, 5) is 12.0. The monoisotopic (exact) mass is 293 g/mol. The molecule has 1 aromatic carbocycles. The number of carbonyl (C=O) groups is 1. The molecule has 1 aromatic rings. The summed E-state index contributed by atoms with van der Waals surface area (Å²) in [5.41, 5.74) is 0.158. The normalized spacial score (nSPS) is 16.0. The standard InChI is InChI=1S/C16H23NO4/c1-15(2,3)21-14(18)17-16(8-9-16)11-6-7-12(19-4)13(10-11)20-5/h6-7,10H,8-9H2,1-5H3,(H,17,18). The molecule has 1 aliphatic carbocycles. The average molecular weight is 293 g/mol. The van der Waals surface area contributed by atoms with Crippen LogP contribution in [0.5, 0.6) is 11.5 Å². The smallest absolute Gasteiger partial charge is 0.408 e. The van der Waals surface area contributed by atoms with Crippen molar-refractivity contribution in [3.05, 3.63) is 23.8 Å². The maximum Gasteiger partial charge on any atom is 0.408 e. The maximum atomic E-state index is 12.0. The molecule has 1 aliphatic rings. The van der Waals surface area contributed by atoms with Gasteiger partial charge in [0.15, 0.2) is 11.5 Å². The molecule has 0 aromatic heterocycles. The van der Waals surface area contributed by atoms with Gasteiger partial charge >= 0.3 is 6.09 Å². The van der Waals surface area contributed by atoms with Crippen LogP contribution in [0.2, 0.25) is 0 Å². The number of carbonyl (C=O) groups excluding carboxylic acids is 1. The number of nitrogens with one attached hydrogen (secondary N) is 1. The third-order valence-electron chi connectivity index (χ3n) is 3.43. The predicted octanol–water partition coefficient (Wildman–Crippen LogP) is 3.22. The van der Waals surface area contributed by atoms with Gasteiger partial charge in [0.05, 0.1) is 19.8 Å². The van der Waals surface area contributed by atoms with Crippen molar-refractivity contribution < 1.29 is 19.0 Å². The van der Waals surface area contributed by atoms with Gasteiger partial charge in [-0.2, -0.15) is 0 Å². The molecule has 0 atom stereocenters. The maximum absolute atomic E-state index is 12.0. The van der Waals surface area contributed by atoms with Gasteiger partial charge < -0.3 is 19.5 Å². The fraction of sp³-hybridized carbons (Fsp3) is 0.562. The molecule has 0 saturated heterocycles. The second-order valence-corrected chi connectivity index (χ2v) is 6.28. The van der Waals surface area contributed by atoms with Crippen LogP contribution in [-0.4, -0.2) is 25.9 Å². The Balaban J connectivity index is 2.15. The van der Waals surface area contributed by atoms with Gasteiger partial charge in [-0.15, -0.1) is 0 Å². The lowest BCUT2D eigenvalue weighted by atomic mass is 10.0. The zero-order valence-electron chi connectivity index (χ0n) is 13.3. The van der Waals surface area contributed by atoms with E-state index in [9.17, 15) is 4.79 Å². The summed E-state index contributed by atoms with van der Waals surface area (Å²) in [6.45, 7) is 5.55. The van der Waals surface area contributed by atoms with Crippen molar-refractivity contribution in [2.45, 2.75) is 44.8 Å². The van der Waals surface area contributed by atoms with Crippen LogP contribution in [0.4, 0.5) is 4.79 Å². The molecular formula is C16H23NO4. The van der Waals surface area contributed by atoms with Gasteiger partial charge in [-0.25, -0.2) is 4.79 Å². The van der Waals surface area contributed by atoms with E-state index in [1.165, 1.54) is 0 Å². The Kier molecular flexibility index (Phi) is 4.03. The molecule has 5 heteroatoms. The fourth-order valence-electron chi connectivity index (χ4n) is 2.24. The van der Waals surface area contributed by atoms with E-state index in [1.54, 1.807) is 14.2 Å². The molecule has 2 rings (SSSR count). The molecule has 1 fully saturated rings. The average Bonchev–Trinajstić information content (AvgIpc) is 3.16. The van der Waals surface area contributed by atoms with E-state index in [1.807, 2.05) is 39.0 Å². The lowest BCUT2D eigenvalue weighted by molar-refractivity contribution is 0.0495. The first-order valence-corrected chi connectivity index (χ1v) is 7.03. The quantitative estimate of drug-likeness (QED) is 0.926. The van der Waals surface area contributed by atoms with E-state index < -0.39 is 11.7 Å². The second kappa shape index (κ2) is 5.47. The van der Waals surface area contributed by atoms with Crippen molar-refractivity contribution in [2.75, 3.05) is 14.2 Å². The van der Waals surface area contributed by atoms with E-state index in [0.717, 1.165) is 18.4 Å². The minimum absolute atomic E-state index is 0.345. The topological polar surface area (TPSA) is 56.8 Å². The van der Waals surface area contributed by atoms with Crippen molar-refractivity contribution in [1.82, 2.24) is 5.32 Å². The number of alkyl carbamates (subject to hydrolysis) is 1. The Morgan fingerprint density at radius 2 is 1.76 bits per heavy atom.